The molecule has 1 aliphatic heterocycles. The van der Waals surface area contributed by atoms with Crippen LogP contribution in [0.1, 0.15) is 43.7 Å². The highest BCUT2D eigenvalue weighted by Gasteiger charge is 2.35. The molecule has 3 aromatic carbocycles. The normalized spacial score (nSPS) is 15.0. The van der Waals surface area contributed by atoms with E-state index in [-0.39, 0.29) is 5.91 Å². The molecule has 0 radical (unpaired) electrons. The van der Waals surface area contributed by atoms with Crippen molar-refractivity contribution in [2.75, 3.05) is 18.0 Å². The Kier molecular flexibility index (Phi) is 7.53. The van der Waals surface area contributed by atoms with Crippen LogP contribution in [0.15, 0.2) is 82.4 Å². The second kappa shape index (κ2) is 10.7. The molecular formula is C27H28BrN3O3. The van der Waals surface area contributed by atoms with Gasteiger partial charge in [-0.3, -0.25) is 4.79 Å². The smallest absolute Gasteiger partial charge is 0.243 e. The van der Waals surface area contributed by atoms with Gasteiger partial charge >= 0.3 is 0 Å². The summed E-state index contributed by atoms with van der Waals surface area (Å²) in [6.45, 7) is 8.01. The highest BCUT2D eigenvalue weighted by Crippen LogP contribution is 2.37. The number of hydrogen-bond acceptors (Lipinski definition) is 5. The molecule has 1 amide bonds. The zero-order chi connectivity index (χ0) is 24.1. The van der Waals surface area contributed by atoms with Gasteiger partial charge in [-0.1, -0.05) is 46.3 Å². The highest BCUT2D eigenvalue weighted by molar-refractivity contribution is 9.10. The minimum atomic E-state index is -0.724. The van der Waals surface area contributed by atoms with Gasteiger partial charge in [0.05, 0.1) is 5.56 Å². The van der Waals surface area contributed by atoms with Crippen molar-refractivity contribution in [2.24, 2.45) is 5.10 Å². The first kappa shape index (κ1) is 23.8. The number of benzene rings is 3. The number of anilines is 1. The number of rotatable bonds is 8. The van der Waals surface area contributed by atoms with Crippen LogP contribution >= 0.6 is 15.9 Å². The Labute approximate surface area is 208 Å². The largest absolute Gasteiger partial charge is 0.488 e. The molecule has 0 fully saturated rings. The average molecular weight is 522 g/mol. The van der Waals surface area contributed by atoms with Gasteiger partial charge in [0, 0.05) is 35.7 Å². The van der Waals surface area contributed by atoms with E-state index in [9.17, 15) is 4.79 Å². The van der Waals surface area contributed by atoms with Gasteiger partial charge in [-0.2, -0.15) is 5.01 Å². The van der Waals surface area contributed by atoms with Crippen LogP contribution in [-0.4, -0.2) is 29.9 Å². The first-order chi connectivity index (χ1) is 16.5. The van der Waals surface area contributed by atoms with Gasteiger partial charge < -0.3 is 14.4 Å². The van der Waals surface area contributed by atoms with Crippen LogP contribution in [0.25, 0.3) is 0 Å². The molecule has 0 aromatic heterocycles. The summed E-state index contributed by atoms with van der Waals surface area (Å²) >= 11 is 3.53. The van der Waals surface area contributed by atoms with Crippen LogP contribution in [-0.2, 0) is 16.1 Å². The Morgan fingerprint density at radius 3 is 2.41 bits per heavy atom. The highest BCUT2D eigenvalue weighted by atomic mass is 79.9. The standard InChI is InChI=1S/C27H28BrN3O3/c1-4-30(5-2)23-14-11-21(12-15-23)26-29-31(19(3)32)27(34-26)24-17-22(28)13-16-25(24)33-18-20-9-7-6-8-10-20/h6-17,27H,4-5,18H2,1-3H3/t27-/m0/s1. The number of halogens is 1. The summed E-state index contributed by atoms with van der Waals surface area (Å²) in [5, 5.41) is 5.88. The van der Waals surface area contributed by atoms with Gasteiger partial charge in [0.15, 0.2) is 0 Å². The van der Waals surface area contributed by atoms with Crippen molar-refractivity contribution in [1.29, 1.82) is 0 Å². The third-order valence-corrected chi connectivity index (χ3v) is 6.18. The molecule has 176 valence electrons. The Hall–Kier alpha value is -3.32. The van der Waals surface area contributed by atoms with Crippen molar-refractivity contribution in [3.63, 3.8) is 0 Å². The minimum absolute atomic E-state index is 0.214. The van der Waals surface area contributed by atoms with E-state index in [4.69, 9.17) is 9.47 Å². The Bertz CT molecular complexity index is 1160. The molecule has 3 aromatic rings. The molecule has 1 atom stereocenters. The van der Waals surface area contributed by atoms with Crippen LogP contribution in [0.3, 0.4) is 0 Å². The van der Waals surface area contributed by atoms with E-state index in [0.29, 0.717) is 18.3 Å². The lowest BCUT2D eigenvalue weighted by Crippen LogP contribution is -2.25. The van der Waals surface area contributed by atoms with E-state index in [1.54, 1.807) is 0 Å². The van der Waals surface area contributed by atoms with Gasteiger partial charge in [-0.05, 0) is 61.9 Å². The molecule has 1 aliphatic rings. The maximum Gasteiger partial charge on any atom is 0.243 e. The van der Waals surface area contributed by atoms with E-state index in [0.717, 1.165) is 39.9 Å². The van der Waals surface area contributed by atoms with Crippen LogP contribution in [0, 0.1) is 0 Å². The van der Waals surface area contributed by atoms with Gasteiger partial charge in [0.2, 0.25) is 18.0 Å². The average Bonchev–Trinajstić information content (AvgIpc) is 3.31. The third kappa shape index (κ3) is 5.25. The van der Waals surface area contributed by atoms with Crippen LogP contribution in [0.4, 0.5) is 5.69 Å². The van der Waals surface area contributed by atoms with Crippen molar-refractivity contribution < 1.29 is 14.3 Å². The van der Waals surface area contributed by atoms with Gasteiger partial charge in [-0.15, -0.1) is 5.10 Å². The second-order valence-electron chi connectivity index (χ2n) is 7.91. The Balaban J connectivity index is 1.60. The molecule has 0 bridgehead atoms. The summed E-state index contributed by atoms with van der Waals surface area (Å²) < 4.78 is 13.2. The first-order valence-corrected chi connectivity index (χ1v) is 12.2. The number of carbonyl (C=O) groups excluding carboxylic acids is 1. The van der Waals surface area contributed by atoms with Gasteiger partial charge in [0.25, 0.3) is 0 Å². The molecule has 6 nitrogen and oxygen atoms in total. The number of nitrogens with zero attached hydrogens (tertiary/aromatic N) is 3. The van der Waals surface area contributed by atoms with Crippen LogP contribution in [0.5, 0.6) is 5.75 Å². The van der Waals surface area contributed by atoms with E-state index >= 15 is 0 Å². The Morgan fingerprint density at radius 1 is 1.06 bits per heavy atom. The summed E-state index contributed by atoms with van der Waals surface area (Å²) in [4.78, 5) is 14.8. The third-order valence-electron chi connectivity index (χ3n) is 5.68. The van der Waals surface area contributed by atoms with E-state index in [1.165, 1.54) is 11.9 Å². The number of carbonyl (C=O) groups is 1. The fraction of sp³-hybridized carbons (Fsp3) is 0.259. The summed E-state index contributed by atoms with van der Waals surface area (Å²) in [5.74, 6) is 0.825. The molecule has 0 unspecified atom stereocenters. The van der Waals surface area contributed by atoms with E-state index in [2.05, 4.69) is 39.8 Å². The summed E-state index contributed by atoms with van der Waals surface area (Å²) in [7, 11) is 0. The molecule has 0 saturated carbocycles. The minimum Gasteiger partial charge on any atom is -0.488 e. The topological polar surface area (TPSA) is 54.4 Å². The monoisotopic (exact) mass is 521 g/mol. The van der Waals surface area contributed by atoms with Crippen molar-refractivity contribution in [3.05, 3.63) is 94.0 Å². The van der Waals surface area contributed by atoms with Crippen molar-refractivity contribution in [2.45, 2.75) is 33.6 Å². The molecule has 0 spiro atoms. The molecule has 7 heteroatoms. The summed E-state index contributed by atoms with van der Waals surface area (Å²) in [5.41, 5.74) is 3.72. The number of hydrazone groups is 1. The predicted molar refractivity (Wildman–Crippen MR) is 138 cm³/mol. The predicted octanol–water partition coefficient (Wildman–Crippen LogP) is 6.11. The van der Waals surface area contributed by atoms with Crippen molar-refractivity contribution in [1.82, 2.24) is 5.01 Å². The van der Waals surface area contributed by atoms with Crippen LogP contribution in [0.2, 0.25) is 0 Å². The van der Waals surface area contributed by atoms with Crippen LogP contribution < -0.4 is 9.64 Å². The van der Waals surface area contributed by atoms with E-state index in [1.807, 2.05) is 72.8 Å². The first-order valence-electron chi connectivity index (χ1n) is 11.4. The fourth-order valence-electron chi connectivity index (χ4n) is 3.87. The van der Waals surface area contributed by atoms with Gasteiger partial charge in [0.1, 0.15) is 12.4 Å². The molecule has 0 N–H and O–H groups in total. The summed E-state index contributed by atoms with van der Waals surface area (Å²) in [6, 6.07) is 23.7. The Morgan fingerprint density at radius 2 is 1.76 bits per heavy atom. The molecule has 34 heavy (non-hydrogen) atoms. The van der Waals surface area contributed by atoms with Crippen molar-refractivity contribution >= 4 is 33.4 Å². The number of ether oxygens (including phenoxy) is 2. The molecule has 1 heterocycles. The lowest BCUT2D eigenvalue weighted by Gasteiger charge is -2.22. The maximum atomic E-state index is 12.5. The SMILES string of the molecule is CCN(CC)c1ccc(C2=NN(C(C)=O)[C@H](c3cc(Br)ccc3OCc3ccccc3)O2)cc1. The lowest BCUT2D eigenvalue weighted by molar-refractivity contribution is -0.135. The lowest BCUT2D eigenvalue weighted by atomic mass is 10.1. The zero-order valence-corrected chi connectivity index (χ0v) is 21.2. The zero-order valence-electron chi connectivity index (χ0n) is 19.6. The quantitative estimate of drug-likeness (QED) is 0.358. The molecule has 0 saturated heterocycles. The number of hydrogen-bond donors (Lipinski definition) is 0. The van der Waals surface area contributed by atoms with Crippen molar-refractivity contribution in [3.8, 4) is 5.75 Å². The number of amides is 1. The molecule has 0 aliphatic carbocycles. The molecular weight excluding hydrogens is 494 g/mol. The second-order valence-corrected chi connectivity index (χ2v) is 8.83. The summed E-state index contributed by atoms with van der Waals surface area (Å²) in [6.07, 6.45) is -0.724. The van der Waals surface area contributed by atoms with E-state index < -0.39 is 6.23 Å². The fourth-order valence-corrected chi connectivity index (χ4v) is 4.25. The maximum absolute atomic E-state index is 12.5. The van der Waals surface area contributed by atoms with Gasteiger partial charge in [-0.25, -0.2) is 0 Å². The molecule has 4 rings (SSSR count).